The van der Waals surface area contributed by atoms with Crippen LogP contribution >= 0.6 is 0 Å². The Kier molecular flexibility index (Phi) is 4.73. The van der Waals surface area contributed by atoms with E-state index in [9.17, 15) is 4.79 Å². The molecule has 4 rings (SSSR count). The van der Waals surface area contributed by atoms with Crippen LogP contribution in [-0.4, -0.2) is 31.5 Å². The molecule has 0 atom stereocenters. The number of aryl methyl sites for hydroxylation is 1. The summed E-state index contributed by atoms with van der Waals surface area (Å²) in [5.41, 5.74) is 1.83. The minimum atomic E-state index is -0.226. The number of hydrogen-bond donors (Lipinski definition) is 1. The average Bonchev–Trinajstić information content (AvgIpc) is 3.28. The van der Waals surface area contributed by atoms with E-state index >= 15 is 0 Å². The van der Waals surface area contributed by atoms with Crippen molar-refractivity contribution in [2.24, 2.45) is 13.0 Å². The zero-order valence-electron chi connectivity index (χ0n) is 15.6. The standard InChI is InChI=1S/C19H24N4O4/c1-22-15-8-7-14(26-2)9-16(15)23(19(22)25)10-12-3-5-13(6-4-12)18-21-20-17(11-24)27-18/h7-9,12-13,24H,3-6,10-11H2,1-2H3. The van der Waals surface area contributed by atoms with E-state index in [1.165, 1.54) is 0 Å². The summed E-state index contributed by atoms with van der Waals surface area (Å²) in [6.45, 7) is 0.470. The zero-order valence-corrected chi connectivity index (χ0v) is 15.6. The fourth-order valence-corrected chi connectivity index (χ4v) is 4.04. The van der Waals surface area contributed by atoms with Crippen LogP contribution in [0.4, 0.5) is 0 Å². The number of benzene rings is 1. The number of ether oxygens (including phenoxy) is 1. The van der Waals surface area contributed by atoms with E-state index in [-0.39, 0.29) is 24.1 Å². The quantitative estimate of drug-likeness (QED) is 0.738. The summed E-state index contributed by atoms with van der Waals surface area (Å²) < 4.78 is 14.4. The fourth-order valence-electron chi connectivity index (χ4n) is 4.04. The Morgan fingerprint density at radius 1 is 1.22 bits per heavy atom. The summed E-state index contributed by atoms with van der Waals surface area (Å²) in [4.78, 5) is 12.7. The zero-order chi connectivity index (χ0) is 19.0. The molecule has 0 radical (unpaired) electrons. The van der Waals surface area contributed by atoms with Gasteiger partial charge in [-0.3, -0.25) is 9.13 Å². The SMILES string of the molecule is COc1ccc2c(c1)n(CC1CCC(c3nnc(CO)o3)CC1)c(=O)n2C. The van der Waals surface area contributed by atoms with Crippen LogP contribution in [-0.2, 0) is 20.2 Å². The molecule has 0 aliphatic heterocycles. The minimum absolute atomic E-state index is 0.00450. The van der Waals surface area contributed by atoms with Gasteiger partial charge in [-0.15, -0.1) is 10.2 Å². The Labute approximate surface area is 156 Å². The van der Waals surface area contributed by atoms with Gasteiger partial charge in [-0.2, -0.15) is 0 Å². The number of aliphatic hydroxyl groups excluding tert-OH is 1. The minimum Gasteiger partial charge on any atom is -0.497 e. The fraction of sp³-hybridized carbons (Fsp3) is 0.526. The van der Waals surface area contributed by atoms with Crippen molar-refractivity contribution in [3.63, 3.8) is 0 Å². The topological polar surface area (TPSA) is 95.3 Å². The average molecular weight is 372 g/mol. The van der Waals surface area contributed by atoms with Gasteiger partial charge in [-0.05, 0) is 43.7 Å². The molecule has 3 aromatic rings. The molecule has 144 valence electrons. The first-order valence-corrected chi connectivity index (χ1v) is 9.27. The smallest absolute Gasteiger partial charge is 0.328 e. The Morgan fingerprint density at radius 2 is 2.00 bits per heavy atom. The lowest BCUT2D eigenvalue weighted by Crippen LogP contribution is -2.27. The van der Waals surface area contributed by atoms with Crippen molar-refractivity contribution in [1.82, 2.24) is 19.3 Å². The summed E-state index contributed by atoms with van der Waals surface area (Å²) in [5.74, 6) is 2.30. The van der Waals surface area contributed by atoms with Gasteiger partial charge in [0.1, 0.15) is 12.4 Å². The largest absolute Gasteiger partial charge is 0.497 e. The number of aromatic nitrogens is 4. The molecule has 0 unspecified atom stereocenters. The van der Waals surface area contributed by atoms with Gasteiger partial charge in [-0.25, -0.2) is 4.79 Å². The van der Waals surface area contributed by atoms with E-state index < -0.39 is 0 Å². The first-order chi connectivity index (χ1) is 13.1. The predicted molar refractivity (Wildman–Crippen MR) is 98.7 cm³/mol. The Morgan fingerprint density at radius 3 is 2.67 bits per heavy atom. The van der Waals surface area contributed by atoms with Crippen molar-refractivity contribution in [3.05, 3.63) is 40.5 Å². The summed E-state index contributed by atoms with van der Waals surface area (Å²) in [6.07, 6.45) is 3.88. The number of nitrogens with zero attached hydrogens (tertiary/aromatic N) is 4. The maximum absolute atomic E-state index is 12.7. The monoisotopic (exact) mass is 372 g/mol. The van der Waals surface area contributed by atoms with Crippen molar-refractivity contribution in [2.45, 2.75) is 44.8 Å². The molecule has 0 saturated heterocycles. The van der Waals surface area contributed by atoms with Crippen LogP contribution in [0.15, 0.2) is 27.4 Å². The number of imidazole rings is 1. The molecule has 1 saturated carbocycles. The molecule has 0 amide bonds. The molecule has 1 N–H and O–H groups in total. The highest BCUT2D eigenvalue weighted by Crippen LogP contribution is 2.36. The van der Waals surface area contributed by atoms with E-state index in [1.54, 1.807) is 18.7 Å². The molecule has 0 bridgehead atoms. The number of hydrogen-bond acceptors (Lipinski definition) is 6. The highest BCUT2D eigenvalue weighted by atomic mass is 16.5. The molecule has 8 heteroatoms. The van der Waals surface area contributed by atoms with Crippen LogP contribution in [0.1, 0.15) is 43.4 Å². The number of aliphatic hydroxyl groups is 1. The number of fused-ring (bicyclic) bond motifs is 1. The maximum atomic E-state index is 12.7. The normalized spacial score (nSPS) is 20.3. The van der Waals surface area contributed by atoms with Crippen LogP contribution in [0.3, 0.4) is 0 Å². The highest BCUT2D eigenvalue weighted by Gasteiger charge is 2.27. The van der Waals surface area contributed by atoms with E-state index in [0.717, 1.165) is 42.5 Å². The molecule has 0 spiro atoms. The van der Waals surface area contributed by atoms with Crippen molar-refractivity contribution in [2.75, 3.05) is 7.11 Å². The van der Waals surface area contributed by atoms with Gasteiger partial charge in [-0.1, -0.05) is 0 Å². The maximum Gasteiger partial charge on any atom is 0.328 e. The molecule has 1 aromatic carbocycles. The lowest BCUT2D eigenvalue weighted by Gasteiger charge is -2.26. The molecule has 1 fully saturated rings. The van der Waals surface area contributed by atoms with Gasteiger partial charge in [0, 0.05) is 25.6 Å². The molecule has 1 aliphatic rings. The first-order valence-electron chi connectivity index (χ1n) is 9.27. The molecule has 2 heterocycles. The van der Waals surface area contributed by atoms with Crippen molar-refractivity contribution in [3.8, 4) is 5.75 Å². The van der Waals surface area contributed by atoms with Crippen LogP contribution in [0.25, 0.3) is 11.0 Å². The third kappa shape index (κ3) is 3.25. The van der Waals surface area contributed by atoms with Crippen LogP contribution in [0.2, 0.25) is 0 Å². The van der Waals surface area contributed by atoms with Gasteiger partial charge < -0.3 is 14.3 Å². The second kappa shape index (κ2) is 7.19. The van der Waals surface area contributed by atoms with Gasteiger partial charge in [0.15, 0.2) is 0 Å². The van der Waals surface area contributed by atoms with E-state index in [1.807, 2.05) is 22.8 Å². The van der Waals surface area contributed by atoms with Crippen molar-refractivity contribution < 1.29 is 14.3 Å². The third-order valence-electron chi connectivity index (χ3n) is 5.61. The summed E-state index contributed by atoms with van der Waals surface area (Å²) in [6, 6.07) is 5.73. The Hall–Kier alpha value is -2.61. The van der Waals surface area contributed by atoms with E-state index in [2.05, 4.69) is 10.2 Å². The van der Waals surface area contributed by atoms with E-state index in [4.69, 9.17) is 14.3 Å². The Balaban J connectivity index is 1.50. The van der Waals surface area contributed by atoms with Crippen molar-refractivity contribution in [1.29, 1.82) is 0 Å². The molecule has 8 nitrogen and oxygen atoms in total. The summed E-state index contributed by atoms with van der Waals surface area (Å²) in [5, 5.41) is 17.0. The first kappa shape index (κ1) is 17.8. The molecule has 2 aromatic heterocycles. The van der Waals surface area contributed by atoms with Crippen LogP contribution in [0.5, 0.6) is 5.75 Å². The van der Waals surface area contributed by atoms with Gasteiger partial charge in [0.05, 0.1) is 18.1 Å². The van der Waals surface area contributed by atoms with Gasteiger partial charge >= 0.3 is 5.69 Å². The van der Waals surface area contributed by atoms with Crippen LogP contribution in [0, 0.1) is 5.92 Å². The number of methoxy groups -OCH3 is 1. The van der Waals surface area contributed by atoms with Crippen molar-refractivity contribution >= 4 is 11.0 Å². The van der Waals surface area contributed by atoms with E-state index in [0.29, 0.717) is 18.4 Å². The second-order valence-electron chi connectivity index (χ2n) is 7.22. The number of rotatable bonds is 5. The Bertz CT molecular complexity index is 995. The van der Waals surface area contributed by atoms with Gasteiger partial charge in [0.2, 0.25) is 11.8 Å². The lowest BCUT2D eigenvalue weighted by atomic mass is 9.82. The third-order valence-corrected chi connectivity index (χ3v) is 5.61. The second-order valence-corrected chi connectivity index (χ2v) is 7.22. The van der Waals surface area contributed by atoms with Crippen LogP contribution < -0.4 is 10.4 Å². The molecular weight excluding hydrogens is 348 g/mol. The lowest BCUT2D eigenvalue weighted by molar-refractivity contribution is 0.224. The summed E-state index contributed by atoms with van der Waals surface area (Å²) in [7, 11) is 3.44. The molecular formula is C19H24N4O4. The van der Waals surface area contributed by atoms with Gasteiger partial charge in [0.25, 0.3) is 0 Å². The molecule has 1 aliphatic carbocycles. The predicted octanol–water partition coefficient (Wildman–Crippen LogP) is 2.20. The highest BCUT2D eigenvalue weighted by molar-refractivity contribution is 5.77. The summed E-state index contributed by atoms with van der Waals surface area (Å²) >= 11 is 0. The molecule has 27 heavy (non-hydrogen) atoms.